The van der Waals surface area contributed by atoms with E-state index in [1.165, 1.54) is 0 Å². The van der Waals surface area contributed by atoms with Gasteiger partial charge in [-0.3, -0.25) is 4.79 Å². The molecule has 0 rings (SSSR count). The van der Waals surface area contributed by atoms with Crippen LogP contribution in [0.4, 0.5) is 0 Å². The Labute approximate surface area is 74.0 Å². The largest absolute Gasteiger partial charge is 0.466 e. The predicted molar refractivity (Wildman–Crippen MR) is 46.9 cm³/mol. The lowest BCUT2D eigenvalue weighted by atomic mass is 10.0. The molecule has 0 aliphatic heterocycles. The van der Waals surface area contributed by atoms with E-state index in [-0.39, 0.29) is 18.0 Å². The quantitative estimate of drug-likeness (QED) is 0.594. The van der Waals surface area contributed by atoms with Crippen LogP contribution in [0.25, 0.3) is 0 Å². The molecule has 0 saturated heterocycles. The predicted octanol–water partition coefficient (Wildman–Crippen LogP) is 1.61. The fourth-order valence-electron chi connectivity index (χ4n) is 1.15. The van der Waals surface area contributed by atoms with E-state index in [1.807, 2.05) is 13.8 Å². The van der Waals surface area contributed by atoms with E-state index < -0.39 is 0 Å². The SMILES string of the molecule is CCOC(=O)[C@H](C)[C@@H](CC)OC. The summed E-state index contributed by atoms with van der Waals surface area (Å²) in [5, 5.41) is 0. The molecule has 0 aromatic carbocycles. The van der Waals surface area contributed by atoms with Crippen LogP contribution in [-0.2, 0) is 14.3 Å². The first-order valence-electron chi connectivity index (χ1n) is 4.36. The van der Waals surface area contributed by atoms with Crippen molar-refractivity contribution in [2.45, 2.75) is 33.3 Å². The molecule has 0 aliphatic rings. The van der Waals surface area contributed by atoms with E-state index >= 15 is 0 Å². The van der Waals surface area contributed by atoms with E-state index in [0.717, 1.165) is 6.42 Å². The van der Waals surface area contributed by atoms with Crippen LogP contribution in [-0.4, -0.2) is 25.8 Å². The minimum atomic E-state index is -0.175. The zero-order chi connectivity index (χ0) is 9.56. The number of esters is 1. The van der Waals surface area contributed by atoms with Gasteiger partial charge in [0.05, 0.1) is 18.6 Å². The van der Waals surface area contributed by atoms with Gasteiger partial charge in [-0.05, 0) is 20.3 Å². The summed E-state index contributed by atoms with van der Waals surface area (Å²) in [7, 11) is 1.61. The Morgan fingerprint density at radius 2 is 2.00 bits per heavy atom. The van der Waals surface area contributed by atoms with Gasteiger partial charge in [0.25, 0.3) is 0 Å². The van der Waals surface area contributed by atoms with Gasteiger partial charge < -0.3 is 9.47 Å². The highest BCUT2D eigenvalue weighted by Crippen LogP contribution is 2.11. The molecule has 0 radical (unpaired) electrons. The Kier molecular flexibility index (Phi) is 5.72. The monoisotopic (exact) mass is 174 g/mol. The molecule has 0 aliphatic carbocycles. The van der Waals surface area contributed by atoms with Crippen molar-refractivity contribution in [3.63, 3.8) is 0 Å². The van der Waals surface area contributed by atoms with E-state index in [0.29, 0.717) is 6.61 Å². The van der Waals surface area contributed by atoms with Crippen LogP contribution in [0.3, 0.4) is 0 Å². The van der Waals surface area contributed by atoms with Gasteiger partial charge in [-0.15, -0.1) is 0 Å². The standard InChI is InChI=1S/C9H18O3/c1-5-8(11-4)7(3)9(10)12-6-2/h7-8H,5-6H2,1-4H3/t7-,8-/m1/s1. The Balaban J connectivity index is 3.96. The lowest BCUT2D eigenvalue weighted by Crippen LogP contribution is -2.28. The molecule has 0 saturated carbocycles. The number of rotatable bonds is 5. The van der Waals surface area contributed by atoms with Gasteiger partial charge in [0.2, 0.25) is 0 Å². The third-order valence-electron chi connectivity index (χ3n) is 1.92. The van der Waals surface area contributed by atoms with Gasteiger partial charge in [0.1, 0.15) is 0 Å². The Morgan fingerprint density at radius 1 is 1.42 bits per heavy atom. The average molecular weight is 174 g/mol. The summed E-state index contributed by atoms with van der Waals surface area (Å²) in [5.74, 6) is -0.342. The zero-order valence-corrected chi connectivity index (χ0v) is 8.29. The molecule has 3 heteroatoms. The topological polar surface area (TPSA) is 35.5 Å². The molecule has 0 bridgehead atoms. The smallest absolute Gasteiger partial charge is 0.311 e. The van der Waals surface area contributed by atoms with Crippen molar-refractivity contribution < 1.29 is 14.3 Å². The number of carbonyl (C=O) groups excluding carboxylic acids is 1. The van der Waals surface area contributed by atoms with Gasteiger partial charge >= 0.3 is 5.97 Å². The van der Waals surface area contributed by atoms with Gasteiger partial charge in [-0.1, -0.05) is 6.92 Å². The summed E-state index contributed by atoms with van der Waals surface area (Å²) in [5.41, 5.74) is 0. The van der Waals surface area contributed by atoms with Crippen molar-refractivity contribution >= 4 is 5.97 Å². The molecule has 0 N–H and O–H groups in total. The van der Waals surface area contributed by atoms with Crippen LogP contribution < -0.4 is 0 Å². The summed E-state index contributed by atoms with van der Waals surface area (Å²) in [6, 6.07) is 0. The number of ether oxygens (including phenoxy) is 2. The summed E-state index contributed by atoms with van der Waals surface area (Å²) in [4.78, 5) is 11.2. The highest BCUT2D eigenvalue weighted by molar-refractivity contribution is 5.72. The number of hydrogen-bond donors (Lipinski definition) is 0. The second kappa shape index (κ2) is 6.00. The van der Waals surface area contributed by atoms with Crippen molar-refractivity contribution in [2.24, 2.45) is 5.92 Å². The normalized spacial score (nSPS) is 15.3. The fraction of sp³-hybridized carbons (Fsp3) is 0.889. The summed E-state index contributed by atoms with van der Waals surface area (Å²) >= 11 is 0. The van der Waals surface area contributed by atoms with Crippen molar-refractivity contribution in [1.29, 1.82) is 0 Å². The number of hydrogen-bond acceptors (Lipinski definition) is 3. The number of carbonyl (C=O) groups is 1. The molecule has 0 unspecified atom stereocenters. The molecule has 0 aromatic heterocycles. The van der Waals surface area contributed by atoms with Crippen molar-refractivity contribution in [3.8, 4) is 0 Å². The summed E-state index contributed by atoms with van der Waals surface area (Å²) in [6.07, 6.45) is 0.806. The zero-order valence-electron chi connectivity index (χ0n) is 8.29. The van der Waals surface area contributed by atoms with Crippen LogP contribution >= 0.6 is 0 Å². The summed E-state index contributed by atoms with van der Waals surface area (Å²) < 4.78 is 10.00. The second-order valence-corrected chi connectivity index (χ2v) is 2.72. The molecule has 0 fully saturated rings. The molecule has 0 heterocycles. The van der Waals surface area contributed by atoms with Crippen LogP contribution in [0.15, 0.2) is 0 Å². The Morgan fingerprint density at radius 3 is 2.33 bits per heavy atom. The first-order valence-corrected chi connectivity index (χ1v) is 4.36. The minimum absolute atomic E-state index is 0.0240. The highest BCUT2D eigenvalue weighted by atomic mass is 16.5. The maximum atomic E-state index is 11.2. The highest BCUT2D eigenvalue weighted by Gasteiger charge is 2.22. The molecule has 3 nitrogen and oxygen atoms in total. The molecular formula is C9H18O3. The molecule has 12 heavy (non-hydrogen) atoms. The van der Waals surface area contributed by atoms with Gasteiger partial charge in [0, 0.05) is 7.11 Å². The van der Waals surface area contributed by atoms with Crippen molar-refractivity contribution in [3.05, 3.63) is 0 Å². The Bertz CT molecular complexity index is 130. The van der Waals surface area contributed by atoms with Crippen molar-refractivity contribution in [2.75, 3.05) is 13.7 Å². The number of methoxy groups -OCH3 is 1. The molecule has 0 amide bonds. The third kappa shape index (κ3) is 3.22. The first kappa shape index (κ1) is 11.4. The lowest BCUT2D eigenvalue weighted by Gasteiger charge is -2.19. The van der Waals surface area contributed by atoms with Crippen LogP contribution in [0, 0.1) is 5.92 Å². The van der Waals surface area contributed by atoms with E-state index in [1.54, 1.807) is 14.0 Å². The van der Waals surface area contributed by atoms with Crippen LogP contribution in [0.1, 0.15) is 27.2 Å². The maximum absolute atomic E-state index is 11.2. The van der Waals surface area contributed by atoms with Gasteiger partial charge in [-0.2, -0.15) is 0 Å². The molecular weight excluding hydrogens is 156 g/mol. The van der Waals surface area contributed by atoms with Gasteiger partial charge in [0.15, 0.2) is 0 Å². The minimum Gasteiger partial charge on any atom is -0.466 e. The third-order valence-corrected chi connectivity index (χ3v) is 1.92. The first-order chi connectivity index (χ1) is 5.67. The maximum Gasteiger partial charge on any atom is 0.311 e. The average Bonchev–Trinajstić information content (AvgIpc) is 2.07. The van der Waals surface area contributed by atoms with Crippen molar-refractivity contribution in [1.82, 2.24) is 0 Å². The molecule has 2 atom stereocenters. The van der Waals surface area contributed by atoms with E-state index in [9.17, 15) is 4.79 Å². The van der Waals surface area contributed by atoms with E-state index in [2.05, 4.69) is 0 Å². The second-order valence-electron chi connectivity index (χ2n) is 2.72. The lowest BCUT2D eigenvalue weighted by molar-refractivity contribution is -0.152. The molecule has 72 valence electrons. The summed E-state index contributed by atoms with van der Waals surface area (Å²) in [6.45, 7) is 6.06. The molecule has 0 aromatic rings. The van der Waals surface area contributed by atoms with E-state index in [4.69, 9.17) is 9.47 Å². The molecule has 0 spiro atoms. The van der Waals surface area contributed by atoms with Crippen LogP contribution in [0.2, 0.25) is 0 Å². The Hall–Kier alpha value is -0.570. The fourth-order valence-corrected chi connectivity index (χ4v) is 1.15. The van der Waals surface area contributed by atoms with Gasteiger partial charge in [-0.25, -0.2) is 0 Å². The van der Waals surface area contributed by atoms with Crippen LogP contribution in [0.5, 0.6) is 0 Å².